The second-order valence-electron chi connectivity index (χ2n) is 8.00. The fourth-order valence-corrected chi connectivity index (χ4v) is 4.57. The monoisotopic (exact) mass is 344 g/mol. The highest BCUT2D eigenvalue weighted by atomic mass is 16.6. The lowest BCUT2D eigenvalue weighted by Gasteiger charge is -2.38. The fraction of sp³-hybridized carbons (Fsp3) is 0.714. The summed E-state index contributed by atoms with van der Waals surface area (Å²) < 4.78 is 12.4. The molecule has 0 amide bonds. The van der Waals surface area contributed by atoms with Gasteiger partial charge in [0.15, 0.2) is 0 Å². The van der Waals surface area contributed by atoms with E-state index in [0.717, 1.165) is 58.7 Å². The van der Waals surface area contributed by atoms with Crippen LogP contribution in [-0.4, -0.2) is 67.4 Å². The van der Waals surface area contributed by atoms with Crippen LogP contribution in [-0.2, 0) is 16.0 Å². The van der Waals surface area contributed by atoms with E-state index >= 15 is 0 Å². The maximum absolute atomic E-state index is 6.25. The normalized spacial score (nSPS) is 27.3. The zero-order valence-electron chi connectivity index (χ0n) is 15.4. The van der Waals surface area contributed by atoms with Crippen LogP contribution < -0.4 is 0 Å². The fourth-order valence-electron chi connectivity index (χ4n) is 4.57. The summed E-state index contributed by atoms with van der Waals surface area (Å²) in [6, 6.07) is 10.8. The Morgan fingerprint density at radius 1 is 1.00 bits per heavy atom. The Bertz CT molecular complexity index is 522. The van der Waals surface area contributed by atoms with Crippen LogP contribution in [0.5, 0.6) is 0 Å². The molecule has 4 nitrogen and oxygen atoms in total. The summed E-state index contributed by atoms with van der Waals surface area (Å²) in [5.41, 5.74) is 1.50. The molecular weight excluding hydrogens is 312 g/mol. The first-order chi connectivity index (χ1) is 12.3. The van der Waals surface area contributed by atoms with E-state index in [0.29, 0.717) is 6.10 Å². The van der Waals surface area contributed by atoms with Gasteiger partial charge in [0.2, 0.25) is 0 Å². The molecule has 1 aromatic carbocycles. The topological polar surface area (TPSA) is 24.9 Å². The van der Waals surface area contributed by atoms with Gasteiger partial charge < -0.3 is 14.4 Å². The SMILES string of the molecule is c1ccc(CN2CCC3(CC2)CC(OCCN2CCCC2)CO3)cc1. The zero-order valence-corrected chi connectivity index (χ0v) is 15.4. The van der Waals surface area contributed by atoms with Gasteiger partial charge in [0.1, 0.15) is 0 Å². The number of rotatable bonds is 6. The van der Waals surface area contributed by atoms with Crippen molar-refractivity contribution in [2.24, 2.45) is 0 Å². The van der Waals surface area contributed by atoms with Gasteiger partial charge in [0.05, 0.1) is 24.9 Å². The summed E-state index contributed by atoms with van der Waals surface area (Å²) >= 11 is 0. The quantitative estimate of drug-likeness (QED) is 0.792. The molecule has 0 aliphatic carbocycles. The molecule has 1 spiro atoms. The average Bonchev–Trinajstić information content (AvgIpc) is 3.29. The maximum atomic E-state index is 6.25. The van der Waals surface area contributed by atoms with Crippen molar-refractivity contribution in [3.63, 3.8) is 0 Å². The third-order valence-corrected chi connectivity index (χ3v) is 6.15. The van der Waals surface area contributed by atoms with Crippen molar-refractivity contribution in [1.82, 2.24) is 9.80 Å². The lowest BCUT2D eigenvalue weighted by Crippen LogP contribution is -2.44. The molecule has 3 fully saturated rings. The van der Waals surface area contributed by atoms with Crippen molar-refractivity contribution in [2.45, 2.75) is 50.4 Å². The zero-order chi connectivity index (χ0) is 17.0. The highest BCUT2D eigenvalue weighted by molar-refractivity contribution is 5.14. The predicted octanol–water partition coefficient (Wildman–Crippen LogP) is 2.92. The third kappa shape index (κ3) is 4.62. The number of hydrogen-bond donors (Lipinski definition) is 0. The van der Waals surface area contributed by atoms with Crippen LogP contribution in [0.4, 0.5) is 0 Å². The van der Waals surface area contributed by atoms with E-state index in [1.54, 1.807) is 0 Å². The summed E-state index contributed by atoms with van der Waals surface area (Å²) in [7, 11) is 0. The van der Waals surface area contributed by atoms with Crippen molar-refractivity contribution >= 4 is 0 Å². The van der Waals surface area contributed by atoms with Crippen molar-refractivity contribution in [1.29, 1.82) is 0 Å². The van der Waals surface area contributed by atoms with E-state index in [9.17, 15) is 0 Å². The lowest BCUT2D eigenvalue weighted by atomic mass is 9.88. The molecule has 25 heavy (non-hydrogen) atoms. The van der Waals surface area contributed by atoms with Gasteiger partial charge in [-0.25, -0.2) is 0 Å². The summed E-state index contributed by atoms with van der Waals surface area (Å²) in [6.07, 6.45) is 6.40. The summed E-state index contributed by atoms with van der Waals surface area (Å²) in [6.45, 7) is 8.59. The van der Waals surface area contributed by atoms with Crippen molar-refractivity contribution in [3.05, 3.63) is 35.9 Å². The molecule has 0 radical (unpaired) electrons. The molecule has 0 saturated carbocycles. The van der Waals surface area contributed by atoms with Crippen LogP contribution in [0.3, 0.4) is 0 Å². The van der Waals surface area contributed by atoms with Gasteiger partial charge in [0, 0.05) is 32.6 Å². The van der Waals surface area contributed by atoms with Gasteiger partial charge in [-0.2, -0.15) is 0 Å². The van der Waals surface area contributed by atoms with E-state index in [-0.39, 0.29) is 5.60 Å². The number of benzene rings is 1. The van der Waals surface area contributed by atoms with Crippen LogP contribution in [0.25, 0.3) is 0 Å². The van der Waals surface area contributed by atoms with Crippen LogP contribution in [0.15, 0.2) is 30.3 Å². The van der Waals surface area contributed by atoms with Gasteiger partial charge >= 0.3 is 0 Å². The molecule has 0 N–H and O–H groups in total. The molecule has 1 aromatic rings. The minimum Gasteiger partial charge on any atom is -0.374 e. The first kappa shape index (κ1) is 17.5. The number of ether oxygens (including phenoxy) is 2. The van der Waals surface area contributed by atoms with Gasteiger partial charge in [0.25, 0.3) is 0 Å². The Morgan fingerprint density at radius 2 is 1.76 bits per heavy atom. The average molecular weight is 344 g/mol. The first-order valence-electron chi connectivity index (χ1n) is 10.1. The minimum absolute atomic E-state index is 0.0888. The predicted molar refractivity (Wildman–Crippen MR) is 99.7 cm³/mol. The maximum Gasteiger partial charge on any atom is 0.0836 e. The molecule has 0 bridgehead atoms. The van der Waals surface area contributed by atoms with Gasteiger partial charge in [-0.3, -0.25) is 4.90 Å². The molecule has 3 aliphatic heterocycles. The van der Waals surface area contributed by atoms with E-state index < -0.39 is 0 Å². The summed E-state index contributed by atoms with van der Waals surface area (Å²) in [5, 5.41) is 0. The molecule has 0 aromatic heterocycles. The largest absolute Gasteiger partial charge is 0.374 e. The standard InChI is InChI=1S/C21H32N2O2/c1-2-6-19(7-3-1)17-23-12-8-21(9-13-23)16-20(18-25-21)24-15-14-22-10-4-5-11-22/h1-3,6-7,20H,4-5,8-18H2. The van der Waals surface area contributed by atoms with E-state index in [1.807, 2.05) is 0 Å². The van der Waals surface area contributed by atoms with E-state index in [4.69, 9.17) is 9.47 Å². The molecule has 4 heteroatoms. The van der Waals surface area contributed by atoms with Crippen LogP contribution in [0.2, 0.25) is 0 Å². The van der Waals surface area contributed by atoms with E-state index in [2.05, 4.69) is 40.1 Å². The molecular formula is C21H32N2O2. The van der Waals surface area contributed by atoms with Crippen molar-refractivity contribution < 1.29 is 9.47 Å². The molecule has 1 atom stereocenters. The Hall–Kier alpha value is -0.940. The minimum atomic E-state index is 0.0888. The third-order valence-electron chi connectivity index (χ3n) is 6.15. The molecule has 3 heterocycles. The Balaban J connectivity index is 1.18. The summed E-state index contributed by atoms with van der Waals surface area (Å²) in [5.74, 6) is 0. The number of piperidine rings is 1. The van der Waals surface area contributed by atoms with Crippen molar-refractivity contribution in [3.8, 4) is 0 Å². The van der Waals surface area contributed by atoms with E-state index in [1.165, 1.54) is 31.5 Å². The lowest BCUT2D eigenvalue weighted by molar-refractivity contribution is -0.0467. The van der Waals surface area contributed by atoms with Crippen LogP contribution in [0.1, 0.15) is 37.7 Å². The Kier molecular flexibility index (Phi) is 5.71. The molecule has 1 unspecified atom stereocenters. The molecule has 138 valence electrons. The summed E-state index contributed by atoms with van der Waals surface area (Å²) in [4.78, 5) is 5.08. The van der Waals surface area contributed by atoms with Crippen molar-refractivity contribution in [2.75, 3.05) is 45.9 Å². The number of nitrogens with zero attached hydrogens (tertiary/aromatic N) is 2. The smallest absolute Gasteiger partial charge is 0.0836 e. The Labute approximate surface area is 152 Å². The second-order valence-corrected chi connectivity index (χ2v) is 8.00. The van der Waals surface area contributed by atoms with Gasteiger partial charge in [-0.1, -0.05) is 30.3 Å². The van der Waals surface area contributed by atoms with Crippen LogP contribution >= 0.6 is 0 Å². The van der Waals surface area contributed by atoms with Gasteiger partial charge in [-0.05, 0) is 44.3 Å². The van der Waals surface area contributed by atoms with Gasteiger partial charge in [-0.15, -0.1) is 0 Å². The second kappa shape index (κ2) is 8.17. The Morgan fingerprint density at radius 3 is 2.52 bits per heavy atom. The van der Waals surface area contributed by atoms with Crippen LogP contribution in [0, 0.1) is 0 Å². The first-order valence-corrected chi connectivity index (χ1v) is 10.1. The highest BCUT2D eigenvalue weighted by Crippen LogP contribution is 2.37. The highest BCUT2D eigenvalue weighted by Gasteiger charge is 2.43. The molecule has 3 aliphatic rings. The molecule has 3 saturated heterocycles. The number of hydrogen-bond acceptors (Lipinski definition) is 4. The molecule has 4 rings (SSSR count). The number of likely N-dealkylation sites (tertiary alicyclic amines) is 2.